The van der Waals surface area contributed by atoms with E-state index in [9.17, 15) is 9.90 Å². The van der Waals surface area contributed by atoms with Crippen LogP contribution in [0.4, 0.5) is 0 Å². The molecule has 0 aliphatic carbocycles. The summed E-state index contributed by atoms with van der Waals surface area (Å²) in [5.74, 6) is 0.0878. The monoisotopic (exact) mass is 279 g/mol. The number of aliphatic hydroxyl groups excluding tert-OH is 1. The van der Waals surface area contributed by atoms with Crippen molar-refractivity contribution in [3.8, 4) is 0 Å². The van der Waals surface area contributed by atoms with E-state index in [1.807, 2.05) is 22.9 Å². The van der Waals surface area contributed by atoms with E-state index in [0.717, 1.165) is 35.7 Å². The van der Waals surface area contributed by atoms with Crippen LogP contribution in [-0.2, 0) is 11.2 Å². The second-order valence-corrected chi connectivity index (χ2v) is 5.91. The first-order valence-corrected chi connectivity index (χ1v) is 7.39. The highest BCUT2D eigenvalue weighted by molar-refractivity contribution is 7.15. The average Bonchev–Trinajstić information content (AvgIpc) is 2.90. The largest absolute Gasteiger partial charge is 0.391 e. The molecule has 3 rings (SSSR count). The van der Waals surface area contributed by atoms with Gasteiger partial charge in [0, 0.05) is 30.4 Å². The summed E-state index contributed by atoms with van der Waals surface area (Å²) in [5.41, 5.74) is 1.94. The SMILES string of the molecule is Cc1cn2c(CC(=O)N3CCCC(O)C3)csc2n1. The first kappa shape index (κ1) is 12.6. The molecule has 0 aromatic carbocycles. The van der Waals surface area contributed by atoms with Crippen LogP contribution in [0.2, 0.25) is 0 Å². The normalized spacial score (nSPS) is 20.1. The molecule has 1 amide bonds. The fraction of sp³-hybridized carbons (Fsp3) is 0.538. The molecular formula is C13H17N3O2S. The topological polar surface area (TPSA) is 57.8 Å². The number of carbonyl (C=O) groups is 1. The molecule has 1 saturated heterocycles. The van der Waals surface area contributed by atoms with E-state index in [1.165, 1.54) is 0 Å². The van der Waals surface area contributed by atoms with Crippen molar-refractivity contribution in [2.75, 3.05) is 13.1 Å². The Morgan fingerprint density at radius 3 is 3.26 bits per heavy atom. The summed E-state index contributed by atoms with van der Waals surface area (Å²) < 4.78 is 1.98. The van der Waals surface area contributed by atoms with Gasteiger partial charge in [-0.25, -0.2) is 4.98 Å². The first-order chi connectivity index (χ1) is 9.13. The average molecular weight is 279 g/mol. The zero-order chi connectivity index (χ0) is 13.4. The molecule has 1 fully saturated rings. The fourth-order valence-corrected chi connectivity index (χ4v) is 3.44. The number of nitrogens with zero attached hydrogens (tertiary/aromatic N) is 3. The molecule has 2 aromatic heterocycles. The van der Waals surface area contributed by atoms with Gasteiger partial charge in [-0.15, -0.1) is 11.3 Å². The lowest BCUT2D eigenvalue weighted by molar-refractivity contribution is -0.133. The number of rotatable bonds is 2. The Labute approximate surface area is 115 Å². The standard InChI is InChI=1S/C13H17N3O2S/c1-9-6-16-10(8-19-13(16)14-9)5-12(18)15-4-2-3-11(17)7-15/h6,8,11,17H,2-5,7H2,1H3. The number of likely N-dealkylation sites (tertiary alicyclic amines) is 1. The highest BCUT2D eigenvalue weighted by Gasteiger charge is 2.23. The van der Waals surface area contributed by atoms with E-state index < -0.39 is 0 Å². The Balaban J connectivity index is 1.75. The maximum absolute atomic E-state index is 12.2. The number of hydrogen-bond donors (Lipinski definition) is 1. The lowest BCUT2D eigenvalue weighted by atomic mass is 10.1. The summed E-state index contributed by atoms with van der Waals surface area (Å²) in [6, 6.07) is 0. The maximum Gasteiger partial charge on any atom is 0.228 e. The smallest absolute Gasteiger partial charge is 0.228 e. The van der Waals surface area contributed by atoms with E-state index in [2.05, 4.69) is 4.98 Å². The number of hydrogen-bond acceptors (Lipinski definition) is 4. The number of aliphatic hydroxyl groups is 1. The molecule has 1 aliphatic heterocycles. The molecule has 1 unspecified atom stereocenters. The highest BCUT2D eigenvalue weighted by Crippen LogP contribution is 2.18. The van der Waals surface area contributed by atoms with Crippen LogP contribution in [0.1, 0.15) is 24.2 Å². The van der Waals surface area contributed by atoms with Crippen molar-refractivity contribution in [3.63, 3.8) is 0 Å². The summed E-state index contributed by atoms with van der Waals surface area (Å²) in [4.78, 5) is 19.3. The fourth-order valence-electron chi connectivity index (χ4n) is 2.52. The number of fused-ring (bicyclic) bond motifs is 1. The molecule has 1 atom stereocenters. The molecule has 102 valence electrons. The lowest BCUT2D eigenvalue weighted by Gasteiger charge is -2.30. The third-order valence-electron chi connectivity index (χ3n) is 3.49. The van der Waals surface area contributed by atoms with E-state index in [0.29, 0.717) is 13.0 Å². The zero-order valence-corrected chi connectivity index (χ0v) is 11.7. The van der Waals surface area contributed by atoms with E-state index in [4.69, 9.17) is 0 Å². The number of imidazole rings is 1. The van der Waals surface area contributed by atoms with Crippen LogP contribution >= 0.6 is 11.3 Å². The van der Waals surface area contributed by atoms with E-state index >= 15 is 0 Å². The Morgan fingerprint density at radius 1 is 1.63 bits per heavy atom. The predicted molar refractivity (Wildman–Crippen MR) is 73.3 cm³/mol. The molecular weight excluding hydrogens is 262 g/mol. The summed E-state index contributed by atoms with van der Waals surface area (Å²) in [5, 5.41) is 11.6. The number of aromatic nitrogens is 2. The minimum absolute atomic E-state index is 0.0878. The number of aryl methyl sites for hydroxylation is 1. The Kier molecular flexibility index (Phi) is 3.28. The van der Waals surface area contributed by atoms with Crippen LogP contribution in [0.3, 0.4) is 0 Å². The molecule has 0 saturated carbocycles. The molecule has 2 aromatic rings. The van der Waals surface area contributed by atoms with Crippen molar-refractivity contribution in [2.45, 2.75) is 32.3 Å². The number of amides is 1. The molecule has 6 heteroatoms. The van der Waals surface area contributed by atoms with Crippen molar-refractivity contribution < 1.29 is 9.90 Å². The summed E-state index contributed by atoms with van der Waals surface area (Å²) in [6.45, 7) is 3.17. The minimum Gasteiger partial charge on any atom is -0.391 e. The van der Waals surface area contributed by atoms with Crippen LogP contribution in [0.5, 0.6) is 0 Å². The third kappa shape index (κ3) is 2.50. The summed E-state index contributed by atoms with van der Waals surface area (Å²) in [7, 11) is 0. The Bertz CT molecular complexity index is 604. The van der Waals surface area contributed by atoms with Gasteiger partial charge >= 0.3 is 0 Å². The van der Waals surface area contributed by atoms with E-state index in [-0.39, 0.29) is 12.0 Å². The third-order valence-corrected chi connectivity index (χ3v) is 4.37. The molecule has 19 heavy (non-hydrogen) atoms. The zero-order valence-electron chi connectivity index (χ0n) is 10.9. The van der Waals surface area contributed by atoms with Crippen LogP contribution in [0.15, 0.2) is 11.6 Å². The van der Waals surface area contributed by atoms with Gasteiger partial charge in [0.1, 0.15) is 0 Å². The number of β-amino-alcohol motifs (C(OH)–C–C–N with tert-alkyl or cyclic N) is 1. The molecule has 1 aliphatic rings. The van der Waals surface area contributed by atoms with Gasteiger partial charge in [0.25, 0.3) is 0 Å². The molecule has 0 spiro atoms. The summed E-state index contributed by atoms with van der Waals surface area (Å²) >= 11 is 1.56. The maximum atomic E-state index is 12.2. The number of piperidine rings is 1. The van der Waals surface area contributed by atoms with Gasteiger partial charge in [-0.05, 0) is 19.8 Å². The number of thiazole rings is 1. The highest BCUT2D eigenvalue weighted by atomic mass is 32.1. The van der Waals surface area contributed by atoms with Crippen molar-refractivity contribution in [1.82, 2.24) is 14.3 Å². The molecule has 5 nitrogen and oxygen atoms in total. The van der Waals surface area contributed by atoms with E-state index in [1.54, 1.807) is 16.2 Å². The predicted octanol–water partition coefficient (Wildman–Crippen LogP) is 1.23. The van der Waals surface area contributed by atoms with Gasteiger partial charge in [-0.2, -0.15) is 0 Å². The molecule has 1 N–H and O–H groups in total. The van der Waals surface area contributed by atoms with Crippen molar-refractivity contribution in [1.29, 1.82) is 0 Å². The Morgan fingerprint density at radius 2 is 2.47 bits per heavy atom. The quantitative estimate of drug-likeness (QED) is 0.899. The van der Waals surface area contributed by atoms with Crippen molar-refractivity contribution >= 4 is 22.2 Å². The van der Waals surface area contributed by atoms with Crippen molar-refractivity contribution in [2.24, 2.45) is 0 Å². The Hall–Kier alpha value is -1.40. The van der Waals surface area contributed by atoms with Gasteiger partial charge in [-0.1, -0.05) is 0 Å². The van der Waals surface area contributed by atoms with Crippen LogP contribution in [0, 0.1) is 6.92 Å². The first-order valence-electron chi connectivity index (χ1n) is 6.51. The van der Waals surface area contributed by atoms with Crippen LogP contribution in [-0.4, -0.2) is 44.5 Å². The molecule has 0 radical (unpaired) electrons. The molecule has 0 bridgehead atoms. The van der Waals surface area contributed by atoms with Crippen LogP contribution in [0.25, 0.3) is 4.96 Å². The lowest BCUT2D eigenvalue weighted by Crippen LogP contribution is -2.42. The van der Waals surface area contributed by atoms with Gasteiger partial charge in [0.15, 0.2) is 4.96 Å². The van der Waals surface area contributed by atoms with Gasteiger partial charge < -0.3 is 10.0 Å². The second kappa shape index (κ2) is 4.94. The van der Waals surface area contributed by atoms with Gasteiger partial charge in [0.2, 0.25) is 5.91 Å². The minimum atomic E-state index is -0.365. The molecule has 3 heterocycles. The van der Waals surface area contributed by atoms with Gasteiger partial charge in [0.05, 0.1) is 18.2 Å². The second-order valence-electron chi connectivity index (χ2n) is 5.07. The van der Waals surface area contributed by atoms with Gasteiger partial charge in [-0.3, -0.25) is 9.20 Å². The summed E-state index contributed by atoms with van der Waals surface area (Å²) in [6.07, 6.45) is 3.65. The number of carbonyl (C=O) groups excluding carboxylic acids is 1. The van der Waals surface area contributed by atoms with Crippen molar-refractivity contribution in [3.05, 3.63) is 23.0 Å². The van der Waals surface area contributed by atoms with Crippen LogP contribution < -0.4 is 0 Å².